The van der Waals surface area contributed by atoms with Crippen LogP contribution in [0.3, 0.4) is 0 Å². The van der Waals surface area contributed by atoms with Crippen molar-refractivity contribution in [2.45, 2.75) is 19.1 Å². The summed E-state index contributed by atoms with van der Waals surface area (Å²) < 4.78 is 0. The van der Waals surface area contributed by atoms with E-state index < -0.39 is 17.1 Å². The summed E-state index contributed by atoms with van der Waals surface area (Å²) in [6.45, 7) is 1.45. The van der Waals surface area contributed by atoms with Crippen LogP contribution >= 0.6 is 0 Å². The summed E-state index contributed by atoms with van der Waals surface area (Å²) in [7, 11) is 0. The van der Waals surface area contributed by atoms with Gasteiger partial charge in [0.25, 0.3) is 5.69 Å². The van der Waals surface area contributed by atoms with Gasteiger partial charge in [-0.15, -0.1) is 0 Å². The zero-order valence-corrected chi connectivity index (χ0v) is 8.12. The summed E-state index contributed by atoms with van der Waals surface area (Å²) in [5.74, 6) is -0.158. The number of aliphatic hydroxyl groups is 1. The number of nitrogens with two attached hydrogens (primary N) is 1. The van der Waals surface area contributed by atoms with E-state index in [2.05, 4.69) is 0 Å². The Morgan fingerprint density at radius 2 is 2.13 bits per heavy atom. The fraction of sp³-hybridized carbons (Fsp3) is 0.333. The summed E-state index contributed by atoms with van der Waals surface area (Å²) in [6, 6.07) is 2.68. The van der Waals surface area contributed by atoms with Crippen LogP contribution in [0.1, 0.15) is 18.5 Å². The maximum absolute atomic E-state index is 10.5. The second-order valence-corrected chi connectivity index (χ2v) is 3.27. The maximum Gasteiger partial charge on any atom is 0.270 e. The monoisotopic (exact) mass is 212 g/mol. The van der Waals surface area contributed by atoms with E-state index in [1.807, 2.05) is 0 Å². The molecule has 0 radical (unpaired) electrons. The highest BCUT2D eigenvalue weighted by Crippen LogP contribution is 2.28. The van der Waals surface area contributed by atoms with Gasteiger partial charge in [-0.1, -0.05) is 0 Å². The van der Waals surface area contributed by atoms with Gasteiger partial charge in [0, 0.05) is 17.7 Å². The van der Waals surface area contributed by atoms with E-state index in [0.29, 0.717) is 0 Å². The molecule has 0 aliphatic rings. The van der Waals surface area contributed by atoms with E-state index in [9.17, 15) is 20.3 Å². The standard InChI is InChI=1S/C9H12N2O4/c1-5(12)9(10)7-4-6(11(14)15)2-3-8(7)13/h2-5,9,12-13H,10H2,1H3/t5-,9-/m0/s1. The van der Waals surface area contributed by atoms with Gasteiger partial charge in [-0.05, 0) is 13.0 Å². The number of non-ortho nitro benzene ring substituents is 1. The van der Waals surface area contributed by atoms with E-state index in [-0.39, 0.29) is 17.0 Å². The van der Waals surface area contributed by atoms with Gasteiger partial charge in [0.2, 0.25) is 0 Å². The van der Waals surface area contributed by atoms with Crippen molar-refractivity contribution in [2.75, 3.05) is 0 Å². The number of nitro benzene ring substituents is 1. The maximum atomic E-state index is 10.5. The van der Waals surface area contributed by atoms with Gasteiger partial charge < -0.3 is 15.9 Å². The number of benzene rings is 1. The molecule has 15 heavy (non-hydrogen) atoms. The zero-order valence-electron chi connectivity index (χ0n) is 8.12. The molecule has 0 fully saturated rings. The number of phenols is 1. The molecule has 0 aliphatic heterocycles. The molecule has 1 aromatic carbocycles. The molecule has 0 spiro atoms. The number of rotatable bonds is 3. The molecule has 1 aromatic rings. The molecule has 2 atom stereocenters. The topological polar surface area (TPSA) is 110 Å². The van der Waals surface area contributed by atoms with Crippen LogP contribution in [0.15, 0.2) is 18.2 Å². The lowest BCUT2D eigenvalue weighted by atomic mass is 10.0. The molecule has 0 bridgehead atoms. The molecular weight excluding hydrogens is 200 g/mol. The first kappa shape index (κ1) is 11.4. The van der Waals surface area contributed by atoms with Crippen LogP contribution in [0.2, 0.25) is 0 Å². The SMILES string of the molecule is C[C@H](O)[C@H](N)c1cc([N+](=O)[O-])ccc1O. The number of hydrogen-bond acceptors (Lipinski definition) is 5. The fourth-order valence-corrected chi connectivity index (χ4v) is 1.18. The van der Waals surface area contributed by atoms with Crippen LogP contribution in [0, 0.1) is 10.1 Å². The van der Waals surface area contributed by atoms with Gasteiger partial charge in [0.15, 0.2) is 0 Å². The van der Waals surface area contributed by atoms with Crippen LogP contribution in [-0.2, 0) is 0 Å². The second-order valence-electron chi connectivity index (χ2n) is 3.27. The Labute approximate surface area is 86.1 Å². The fourth-order valence-electron chi connectivity index (χ4n) is 1.18. The Kier molecular flexibility index (Phi) is 3.23. The minimum absolute atomic E-state index is 0.158. The van der Waals surface area contributed by atoms with Gasteiger partial charge in [0.05, 0.1) is 17.1 Å². The molecule has 4 N–H and O–H groups in total. The molecular formula is C9H12N2O4. The van der Waals surface area contributed by atoms with Crippen molar-refractivity contribution in [2.24, 2.45) is 5.73 Å². The number of aromatic hydroxyl groups is 1. The van der Waals surface area contributed by atoms with Crippen LogP contribution in [0.5, 0.6) is 5.75 Å². The van der Waals surface area contributed by atoms with Gasteiger partial charge >= 0.3 is 0 Å². The van der Waals surface area contributed by atoms with Crippen LogP contribution < -0.4 is 5.73 Å². The van der Waals surface area contributed by atoms with E-state index in [1.54, 1.807) is 0 Å². The van der Waals surface area contributed by atoms with Gasteiger partial charge in [-0.25, -0.2) is 0 Å². The van der Waals surface area contributed by atoms with Gasteiger partial charge in [-0.3, -0.25) is 10.1 Å². The molecule has 0 aromatic heterocycles. The van der Waals surface area contributed by atoms with E-state index in [1.165, 1.54) is 19.1 Å². The Hall–Kier alpha value is -1.66. The lowest BCUT2D eigenvalue weighted by Gasteiger charge is -2.15. The third kappa shape index (κ3) is 2.42. The predicted octanol–water partition coefficient (Wildman–Crippen LogP) is 0.681. The van der Waals surface area contributed by atoms with Crippen molar-refractivity contribution in [3.05, 3.63) is 33.9 Å². The van der Waals surface area contributed by atoms with Crippen molar-refractivity contribution >= 4 is 5.69 Å². The summed E-state index contributed by atoms with van der Waals surface area (Å²) in [4.78, 5) is 9.89. The summed E-state index contributed by atoms with van der Waals surface area (Å²) in [6.07, 6.45) is -0.891. The molecule has 0 saturated carbocycles. The van der Waals surface area contributed by atoms with Crippen LogP contribution in [-0.4, -0.2) is 21.2 Å². The summed E-state index contributed by atoms with van der Waals surface area (Å²) >= 11 is 0. The van der Waals surface area contributed by atoms with Gasteiger partial charge in [-0.2, -0.15) is 0 Å². The second kappa shape index (κ2) is 4.24. The molecule has 0 unspecified atom stereocenters. The van der Waals surface area contributed by atoms with Crippen molar-refractivity contribution in [3.8, 4) is 5.75 Å². The predicted molar refractivity (Wildman–Crippen MR) is 53.4 cm³/mol. The Morgan fingerprint density at radius 3 is 2.60 bits per heavy atom. The van der Waals surface area contributed by atoms with Crippen LogP contribution in [0.25, 0.3) is 0 Å². The largest absolute Gasteiger partial charge is 0.508 e. The highest BCUT2D eigenvalue weighted by molar-refractivity contribution is 5.44. The first-order valence-corrected chi connectivity index (χ1v) is 4.34. The molecule has 0 amide bonds. The minimum atomic E-state index is -0.891. The van der Waals surface area contributed by atoms with Crippen molar-refractivity contribution in [3.63, 3.8) is 0 Å². The summed E-state index contributed by atoms with van der Waals surface area (Å²) in [5, 5.41) is 29.1. The first-order valence-electron chi connectivity index (χ1n) is 4.34. The number of nitrogens with zero attached hydrogens (tertiary/aromatic N) is 1. The molecule has 0 heterocycles. The molecule has 0 aliphatic carbocycles. The third-order valence-corrected chi connectivity index (χ3v) is 2.10. The Bertz CT molecular complexity index is 378. The quantitative estimate of drug-likeness (QED) is 0.504. The zero-order chi connectivity index (χ0) is 11.6. The number of nitro groups is 1. The first-order chi connectivity index (χ1) is 6.93. The van der Waals surface area contributed by atoms with Crippen molar-refractivity contribution in [1.82, 2.24) is 0 Å². The molecule has 1 rings (SSSR count). The van der Waals surface area contributed by atoms with Crippen molar-refractivity contribution < 1.29 is 15.1 Å². The molecule has 0 saturated heterocycles. The number of phenolic OH excluding ortho intramolecular Hbond substituents is 1. The smallest absolute Gasteiger partial charge is 0.270 e. The molecule has 6 nitrogen and oxygen atoms in total. The summed E-state index contributed by atoms with van der Waals surface area (Å²) in [5.41, 5.74) is 5.57. The minimum Gasteiger partial charge on any atom is -0.508 e. The Balaban J connectivity index is 3.16. The van der Waals surface area contributed by atoms with Crippen LogP contribution in [0.4, 0.5) is 5.69 Å². The lowest BCUT2D eigenvalue weighted by Crippen LogP contribution is -2.23. The average molecular weight is 212 g/mol. The number of hydrogen-bond donors (Lipinski definition) is 3. The normalized spacial score (nSPS) is 14.6. The van der Waals surface area contributed by atoms with E-state index in [4.69, 9.17) is 5.73 Å². The molecule has 82 valence electrons. The number of aliphatic hydroxyl groups excluding tert-OH is 1. The van der Waals surface area contributed by atoms with E-state index in [0.717, 1.165) is 6.07 Å². The lowest BCUT2D eigenvalue weighted by molar-refractivity contribution is -0.385. The highest BCUT2D eigenvalue weighted by atomic mass is 16.6. The average Bonchev–Trinajstić information content (AvgIpc) is 2.16. The molecule has 6 heteroatoms. The highest BCUT2D eigenvalue weighted by Gasteiger charge is 2.19. The van der Waals surface area contributed by atoms with Gasteiger partial charge in [0.1, 0.15) is 5.75 Å². The van der Waals surface area contributed by atoms with Crippen molar-refractivity contribution in [1.29, 1.82) is 0 Å². The van der Waals surface area contributed by atoms with E-state index >= 15 is 0 Å². The Morgan fingerprint density at radius 1 is 1.53 bits per heavy atom. The third-order valence-electron chi connectivity index (χ3n) is 2.10.